The zero-order chi connectivity index (χ0) is 11.7. The molecule has 1 nitrogen and oxygen atoms in total. The largest absolute Gasteiger partial charge is 0.383 e. The summed E-state index contributed by atoms with van der Waals surface area (Å²) in [6, 6.07) is 8.16. The van der Waals surface area contributed by atoms with Crippen molar-refractivity contribution in [2.75, 3.05) is 0 Å². The van der Waals surface area contributed by atoms with E-state index in [0.717, 1.165) is 3.79 Å². The van der Waals surface area contributed by atoms with Gasteiger partial charge >= 0.3 is 0 Å². The maximum Gasteiger partial charge on any atom is 0.147 e. The number of thiophene rings is 1. The van der Waals surface area contributed by atoms with E-state index in [1.54, 1.807) is 12.1 Å². The van der Waals surface area contributed by atoms with Crippen LogP contribution in [0.1, 0.15) is 16.5 Å². The highest BCUT2D eigenvalue weighted by atomic mass is 79.9. The van der Waals surface area contributed by atoms with Gasteiger partial charge in [0.1, 0.15) is 11.9 Å². The molecule has 0 spiro atoms. The second-order valence-corrected chi connectivity index (χ2v) is 6.09. The third-order valence-corrected chi connectivity index (χ3v) is 4.11. The van der Waals surface area contributed by atoms with Crippen LogP contribution in [0.4, 0.5) is 4.39 Å². The fourth-order valence-electron chi connectivity index (χ4n) is 1.36. The van der Waals surface area contributed by atoms with Gasteiger partial charge in [0.15, 0.2) is 0 Å². The summed E-state index contributed by atoms with van der Waals surface area (Å²) in [5.41, 5.74) is 0.196. The van der Waals surface area contributed by atoms with Crippen LogP contribution in [0.5, 0.6) is 0 Å². The van der Waals surface area contributed by atoms with E-state index in [2.05, 4.69) is 15.9 Å². The lowest BCUT2D eigenvalue weighted by molar-refractivity contribution is 0.219. The molecule has 16 heavy (non-hydrogen) atoms. The lowest BCUT2D eigenvalue weighted by atomic mass is 10.1. The normalized spacial score (nSPS) is 12.8. The van der Waals surface area contributed by atoms with Crippen LogP contribution in [-0.2, 0) is 0 Å². The Morgan fingerprint density at radius 3 is 2.69 bits per heavy atom. The van der Waals surface area contributed by atoms with Crippen LogP contribution in [0.15, 0.2) is 34.1 Å². The van der Waals surface area contributed by atoms with E-state index in [1.165, 1.54) is 23.5 Å². The van der Waals surface area contributed by atoms with Gasteiger partial charge < -0.3 is 5.11 Å². The predicted molar refractivity (Wildman–Crippen MR) is 67.5 cm³/mol. The van der Waals surface area contributed by atoms with Crippen molar-refractivity contribution in [1.82, 2.24) is 0 Å². The molecular weight excluding hydrogens is 315 g/mol. The Balaban J connectivity index is 2.41. The summed E-state index contributed by atoms with van der Waals surface area (Å²) in [6.07, 6.45) is -0.977. The summed E-state index contributed by atoms with van der Waals surface area (Å²) in [5, 5.41) is 10.0. The van der Waals surface area contributed by atoms with E-state index >= 15 is 0 Å². The maximum atomic E-state index is 13.6. The van der Waals surface area contributed by atoms with Gasteiger partial charge in [0.25, 0.3) is 0 Å². The van der Waals surface area contributed by atoms with E-state index in [-0.39, 0.29) is 10.6 Å². The molecule has 1 atom stereocenters. The molecule has 5 heteroatoms. The van der Waals surface area contributed by atoms with E-state index in [4.69, 9.17) is 11.6 Å². The first-order valence-corrected chi connectivity index (χ1v) is 6.45. The third-order valence-electron chi connectivity index (χ3n) is 2.14. The molecule has 1 aromatic carbocycles. The fourth-order valence-corrected chi connectivity index (χ4v) is 2.97. The van der Waals surface area contributed by atoms with Gasteiger partial charge in [-0.15, -0.1) is 11.3 Å². The zero-order valence-corrected chi connectivity index (χ0v) is 11.1. The first kappa shape index (κ1) is 12.0. The van der Waals surface area contributed by atoms with E-state index in [1.807, 2.05) is 6.07 Å². The average Bonchev–Trinajstić information content (AvgIpc) is 2.68. The first-order valence-electron chi connectivity index (χ1n) is 4.47. The molecule has 84 valence electrons. The molecule has 0 saturated heterocycles. The molecule has 0 aliphatic heterocycles. The lowest BCUT2D eigenvalue weighted by Gasteiger charge is -2.10. The number of hydrogen-bond donors (Lipinski definition) is 1. The molecule has 0 fully saturated rings. The van der Waals surface area contributed by atoms with E-state index < -0.39 is 11.9 Å². The minimum atomic E-state index is -0.977. The summed E-state index contributed by atoms with van der Waals surface area (Å²) in [5.74, 6) is -0.568. The van der Waals surface area contributed by atoms with Gasteiger partial charge in [-0.05, 0) is 34.1 Å². The van der Waals surface area contributed by atoms with E-state index in [9.17, 15) is 9.50 Å². The lowest BCUT2D eigenvalue weighted by Crippen LogP contribution is -2.00. The van der Waals surface area contributed by atoms with Crippen LogP contribution in [0.2, 0.25) is 5.02 Å². The number of aliphatic hydroxyl groups is 1. The Labute approximate surface area is 110 Å². The fraction of sp³-hybridized carbons (Fsp3) is 0.0909. The number of aliphatic hydroxyl groups excluding tert-OH is 1. The Morgan fingerprint density at radius 2 is 2.06 bits per heavy atom. The number of hydrogen-bond acceptors (Lipinski definition) is 2. The molecule has 0 bridgehead atoms. The molecule has 1 unspecified atom stereocenters. The summed E-state index contributed by atoms with van der Waals surface area (Å²) >= 11 is 10.3. The first-order chi connectivity index (χ1) is 7.59. The average molecular weight is 322 g/mol. The van der Waals surface area contributed by atoms with Gasteiger partial charge in [-0.3, -0.25) is 0 Å². The SMILES string of the molecule is OC(c1ccc(Br)s1)c1cccc(Cl)c1F. The number of benzene rings is 1. The minimum absolute atomic E-state index is 0.0205. The van der Waals surface area contributed by atoms with Crippen molar-refractivity contribution in [3.8, 4) is 0 Å². The Morgan fingerprint density at radius 1 is 1.31 bits per heavy atom. The highest BCUT2D eigenvalue weighted by molar-refractivity contribution is 9.11. The van der Waals surface area contributed by atoms with Gasteiger partial charge in [-0.2, -0.15) is 0 Å². The van der Waals surface area contributed by atoms with Crippen LogP contribution in [0, 0.1) is 5.82 Å². The van der Waals surface area contributed by atoms with Crippen molar-refractivity contribution in [2.45, 2.75) is 6.10 Å². The van der Waals surface area contributed by atoms with Crippen LogP contribution < -0.4 is 0 Å². The third kappa shape index (κ3) is 2.30. The molecule has 1 aromatic heterocycles. The Bertz CT molecular complexity index is 514. The van der Waals surface area contributed by atoms with Crippen LogP contribution in [-0.4, -0.2) is 5.11 Å². The minimum Gasteiger partial charge on any atom is -0.383 e. The smallest absolute Gasteiger partial charge is 0.147 e. The van der Waals surface area contributed by atoms with Crippen molar-refractivity contribution in [2.24, 2.45) is 0 Å². The molecule has 1 heterocycles. The van der Waals surface area contributed by atoms with Crippen LogP contribution in [0.3, 0.4) is 0 Å². The van der Waals surface area contributed by atoms with Gasteiger partial charge in [0.05, 0.1) is 8.81 Å². The molecule has 0 aliphatic rings. The summed E-state index contributed by atoms with van der Waals surface area (Å²) in [4.78, 5) is 0.674. The molecule has 0 saturated carbocycles. The van der Waals surface area contributed by atoms with Gasteiger partial charge in [0.2, 0.25) is 0 Å². The highest BCUT2D eigenvalue weighted by Gasteiger charge is 2.18. The quantitative estimate of drug-likeness (QED) is 0.870. The highest BCUT2D eigenvalue weighted by Crippen LogP contribution is 2.33. The molecule has 0 amide bonds. The van der Waals surface area contributed by atoms with Gasteiger partial charge in [-0.1, -0.05) is 23.7 Å². The summed E-state index contributed by atoms with van der Waals surface area (Å²) in [6.45, 7) is 0. The summed E-state index contributed by atoms with van der Waals surface area (Å²) in [7, 11) is 0. The molecular formula is C11H7BrClFOS. The van der Waals surface area contributed by atoms with Crippen molar-refractivity contribution in [3.05, 3.63) is 55.4 Å². The molecule has 2 rings (SSSR count). The molecule has 0 aliphatic carbocycles. The van der Waals surface area contributed by atoms with Gasteiger partial charge in [-0.25, -0.2) is 4.39 Å². The van der Waals surface area contributed by atoms with Crippen molar-refractivity contribution >= 4 is 38.9 Å². The van der Waals surface area contributed by atoms with Crippen molar-refractivity contribution in [3.63, 3.8) is 0 Å². The van der Waals surface area contributed by atoms with E-state index in [0.29, 0.717) is 4.88 Å². The monoisotopic (exact) mass is 320 g/mol. The topological polar surface area (TPSA) is 20.2 Å². The summed E-state index contributed by atoms with van der Waals surface area (Å²) < 4.78 is 14.5. The Hall–Kier alpha value is -0.420. The van der Waals surface area contributed by atoms with Crippen molar-refractivity contribution in [1.29, 1.82) is 0 Å². The standard InChI is InChI=1S/C11H7BrClFOS/c12-9-5-4-8(16-9)11(15)6-2-1-3-7(13)10(6)14/h1-5,11,15H. The Kier molecular flexibility index (Phi) is 3.64. The maximum absolute atomic E-state index is 13.6. The predicted octanol–water partition coefficient (Wildman–Crippen LogP) is 4.38. The zero-order valence-electron chi connectivity index (χ0n) is 7.95. The van der Waals surface area contributed by atoms with Crippen LogP contribution in [0.25, 0.3) is 0 Å². The van der Waals surface area contributed by atoms with Gasteiger partial charge in [0, 0.05) is 10.4 Å². The number of rotatable bonds is 2. The second kappa shape index (κ2) is 4.84. The second-order valence-electron chi connectivity index (χ2n) is 3.19. The van der Waals surface area contributed by atoms with Crippen molar-refractivity contribution < 1.29 is 9.50 Å². The van der Waals surface area contributed by atoms with Crippen LogP contribution >= 0.6 is 38.9 Å². The molecule has 0 radical (unpaired) electrons. The molecule has 1 N–H and O–H groups in total. The number of halogens is 3. The molecule has 2 aromatic rings.